The van der Waals surface area contributed by atoms with Gasteiger partial charge < -0.3 is 20.5 Å². The molecule has 2 atom stereocenters. The fraction of sp³-hybridized carbons (Fsp3) is 0.400. The summed E-state index contributed by atoms with van der Waals surface area (Å²) in [5, 5.41) is 2.51. The molecule has 8 nitrogen and oxygen atoms in total. The number of carbonyl (C=O) groups excluding carboxylic acids is 1. The number of rotatable bonds is 7. The molecule has 3 heterocycles. The Labute approximate surface area is 210 Å². The number of fused-ring (bicyclic) bond motifs is 1. The van der Waals surface area contributed by atoms with Crippen LogP contribution in [0.15, 0.2) is 35.6 Å². The molecule has 1 amide bonds. The van der Waals surface area contributed by atoms with Crippen LogP contribution in [-0.4, -0.2) is 64.6 Å². The number of aliphatic imine (C=N–C) groups is 1. The van der Waals surface area contributed by atoms with E-state index in [9.17, 15) is 26.7 Å². The lowest BCUT2D eigenvalue weighted by atomic mass is 9.79. The fourth-order valence-corrected chi connectivity index (χ4v) is 4.47. The Balaban J connectivity index is 0.00000361. The van der Waals surface area contributed by atoms with E-state index in [1.165, 1.54) is 12.1 Å². The number of hydrogen-bond donors (Lipinski definition) is 2. The monoisotopic (exact) mass is 557 g/mol. The van der Waals surface area contributed by atoms with Crippen LogP contribution in [0.4, 0.5) is 32.0 Å². The van der Waals surface area contributed by atoms with Crippen molar-refractivity contribution in [1.29, 1.82) is 0 Å². The Morgan fingerprint density at radius 1 is 1.28 bits per heavy atom. The number of amidine groups is 1. The molecule has 0 saturated carbocycles. The van der Waals surface area contributed by atoms with Gasteiger partial charge in [-0.1, -0.05) is 11.8 Å². The Morgan fingerprint density at radius 3 is 2.69 bits per heavy atom. The van der Waals surface area contributed by atoms with Crippen LogP contribution in [0.1, 0.15) is 16.1 Å². The van der Waals surface area contributed by atoms with Crippen molar-refractivity contribution in [2.75, 3.05) is 30.9 Å². The lowest BCUT2D eigenvalue weighted by Gasteiger charge is -2.38. The molecular formula is C20H18ClF6N5O3S. The highest BCUT2D eigenvalue weighted by atomic mass is 35.5. The largest absolute Gasteiger partial charge is 0.470 e. The number of amides is 1. The first-order valence-electron chi connectivity index (χ1n) is 9.93. The van der Waals surface area contributed by atoms with E-state index in [1.54, 1.807) is 0 Å². The molecule has 0 radical (unpaired) electrons. The number of benzene rings is 1. The van der Waals surface area contributed by atoms with Crippen LogP contribution in [-0.2, 0) is 10.3 Å². The van der Waals surface area contributed by atoms with Crippen LogP contribution in [0.2, 0.25) is 0 Å². The Morgan fingerprint density at radius 2 is 2.03 bits per heavy atom. The first-order valence-corrected chi connectivity index (χ1v) is 10.9. The van der Waals surface area contributed by atoms with Crippen molar-refractivity contribution >= 4 is 40.9 Å². The molecule has 2 aliphatic rings. The molecule has 3 N–H and O–H groups in total. The van der Waals surface area contributed by atoms with Crippen molar-refractivity contribution < 1.29 is 40.6 Å². The van der Waals surface area contributed by atoms with Gasteiger partial charge in [0.15, 0.2) is 23.0 Å². The van der Waals surface area contributed by atoms with Gasteiger partial charge in [-0.15, -0.1) is 12.4 Å². The molecule has 0 spiro atoms. The van der Waals surface area contributed by atoms with Crippen molar-refractivity contribution in [2.45, 2.75) is 23.6 Å². The first kappa shape index (κ1) is 27.8. The molecule has 1 fully saturated rings. The Kier molecular flexibility index (Phi) is 7.95. The van der Waals surface area contributed by atoms with E-state index < -0.39 is 47.8 Å². The summed E-state index contributed by atoms with van der Waals surface area (Å²) in [5.74, 6) is -6.58. The van der Waals surface area contributed by atoms with E-state index in [0.29, 0.717) is 0 Å². The number of anilines is 1. The second-order valence-electron chi connectivity index (χ2n) is 7.80. The maximum absolute atomic E-state index is 15.6. The van der Waals surface area contributed by atoms with E-state index in [0.717, 1.165) is 30.2 Å². The van der Waals surface area contributed by atoms with Gasteiger partial charge in [0.05, 0.1) is 25.6 Å². The van der Waals surface area contributed by atoms with Gasteiger partial charge >= 0.3 is 12.3 Å². The summed E-state index contributed by atoms with van der Waals surface area (Å²) < 4.78 is 90.5. The molecule has 4 rings (SSSR count). The van der Waals surface area contributed by atoms with Gasteiger partial charge in [0, 0.05) is 17.0 Å². The second kappa shape index (κ2) is 10.3. The maximum Gasteiger partial charge on any atom is 0.340 e. The molecule has 2 aliphatic heterocycles. The average molecular weight is 558 g/mol. The molecule has 0 aliphatic carbocycles. The highest BCUT2D eigenvalue weighted by Crippen LogP contribution is 2.50. The number of thioether (sulfide) groups is 1. The zero-order valence-electron chi connectivity index (χ0n) is 18.0. The third kappa shape index (κ3) is 5.18. The van der Waals surface area contributed by atoms with Crippen molar-refractivity contribution in [1.82, 2.24) is 9.97 Å². The lowest BCUT2D eigenvalue weighted by Crippen LogP contribution is -2.52. The minimum atomic E-state index is -4.38. The second-order valence-corrected chi connectivity index (χ2v) is 8.79. The van der Waals surface area contributed by atoms with E-state index in [2.05, 4.69) is 25.0 Å². The van der Waals surface area contributed by atoms with Crippen molar-refractivity contribution in [3.63, 3.8) is 0 Å². The summed E-state index contributed by atoms with van der Waals surface area (Å²) in [6, 6.07) is 3.46. The summed E-state index contributed by atoms with van der Waals surface area (Å²) in [4.78, 5) is 24.0. The number of aromatic nitrogens is 2. The van der Waals surface area contributed by atoms with Gasteiger partial charge in [-0.3, -0.25) is 4.79 Å². The summed E-state index contributed by atoms with van der Waals surface area (Å²) in [6.07, 6.45) is -2.25. The number of alkyl halides is 5. The number of hydrogen-bond acceptors (Lipinski definition) is 8. The van der Waals surface area contributed by atoms with Gasteiger partial charge in [0.1, 0.15) is 11.5 Å². The highest BCUT2D eigenvalue weighted by Gasteiger charge is 2.61. The fourth-order valence-electron chi connectivity index (χ4n) is 3.55. The number of ether oxygens (including phenoxy) is 2. The Hall–Kier alpha value is -2.78. The van der Waals surface area contributed by atoms with Crippen LogP contribution < -0.4 is 15.8 Å². The number of carbonyl (C=O) groups is 1. The van der Waals surface area contributed by atoms with Gasteiger partial charge in [0.25, 0.3) is 5.91 Å². The lowest BCUT2D eigenvalue weighted by molar-refractivity contribution is -0.148. The highest BCUT2D eigenvalue weighted by molar-refractivity contribution is 8.13. The topological polar surface area (TPSA) is 112 Å². The van der Waals surface area contributed by atoms with E-state index in [4.69, 9.17) is 10.5 Å². The van der Waals surface area contributed by atoms with E-state index >= 15 is 4.39 Å². The number of nitrogens with two attached hydrogens (primary N) is 1. The first-order chi connectivity index (χ1) is 16.5. The van der Waals surface area contributed by atoms with Crippen molar-refractivity contribution in [2.24, 2.45) is 10.7 Å². The van der Waals surface area contributed by atoms with Gasteiger partial charge in [-0.2, -0.15) is 8.78 Å². The normalized spacial score (nSPS) is 23.5. The average Bonchev–Trinajstić information content (AvgIpc) is 3.16. The predicted molar refractivity (Wildman–Crippen MR) is 120 cm³/mol. The molecular weight excluding hydrogens is 540 g/mol. The Bertz CT molecular complexity index is 1160. The molecule has 1 aromatic carbocycles. The third-order valence-corrected chi connectivity index (χ3v) is 6.38. The van der Waals surface area contributed by atoms with Gasteiger partial charge in [-0.05, 0) is 18.2 Å². The minimum absolute atomic E-state index is 0. The number of nitrogens with zero attached hydrogens (tertiary/aromatic N) is 3. The van der Waals surface area contributed by atoms with Crippen LogP contribution >= 0.6 is 24.2 Å². The minimum Gasteiger partial charge on any atom is -0.470 e. The van der Waals surface area contributed by atoms with Crippen molar-refractivity contribution in [3.8, 4) is 5.88 Å². The summed E-state index contributed by atoms with van der Waals surface area (Å²) >= 11 is 0.988. The SMILES string of the molecule is Cl.NC1=NC2(c3cc(NC(=O)c4cnc(OCC(F)(F)C(F)F)cn4)ccc3F)COCC2(F)CS1. The number of halogens is 7. The number of nitrogens with one attached hydrogen (secondary N) is 1. The summed E-state index contributed by atoms with van der Waals surface area (Å²) in [7, 11) is 0. The quantitative estimate of drug-likeness (QED) is 0.501. The molecule has 1 saturated heterocycles. The van der Waals surface area contributed by atoms with E-state index in [1.807, 2.05) is 0 Å². The van der Waals surface area contributed by atoms with E-state index in [-0.39, 0.29) is 53.5 Å². The maximum atomic E-state index is 15.6. The standard InChI is InChI=1S/C20H17F6N5O3S.ClH/c21-12-2-1-10(3-11(12)19-7-33-6-18(19,24)9-35-17(27)31-19)30-15(32)13-4-29-14(5-28-13)34-8-20(25,26)16(22)23;/h1-5,16H,6-9H2,(H2,27,31)(H,30,32);1H. The third-order valence-electron chi connectivity index (χ3n) is 5.40. The molecule has 196 valence electrons. The molecule has 1 aromatic heterocycles. The predicted octanol–water partition coefficient (Wildman–Crippen LogP) is 3.56. The van der Waals surface area contributed by atoms with Crippen LogP contribution in [0.25, 0.3) is 0 Å². The zero-order chi connectivity index (χ0) is 25.4. The van der Waals surface area contributed by atoms with Gasteiger partial charge in [-0.25, -0.2) is 32.5 Å². The molecule has 36 heavy (non-hydrogen) atoms. The van der Waals surface area contributed by atoms with Crippen LogP contribution in [0, 0.1) is 5.82 Å². The molecule has 2 unspecified atom stereocenters. The molecule has 16 heteroatoms. The van der Waals surface area contributed by atoms with Crippen LogP contribution in [0.3, 0.4) is 0 Å². The van der Waals surface area contributed by atoms with Gasteiger partial charge in [0.2, 0.25) is 5.88 Å². The summed E-state index contributed by atoms with van der Waals surface area (Å²) in [5.41, 5.74) is 1.65. The zero-order valence-corrected chi connectivity index (χ0v) is 19.7. The smallest absolute Gasteiger partial charge is 0.340 e. The molecule has 0 bridgehead atoms. The molecule has 2 aromatic rings. The van der Waals surface area contributed by atoms with Crippen molar-refractivity contribution in [3.05, 3.63) is 47.7 Å². The summed E-state index contributed by atoms with van der Waals surface area (Å²) in [6.45, 7) is -2.19. The van der Waals surface area contributed by atoms with Crippen LogP contribution in [0.5, 0.6) is 5.88 Å².